The number of nitrogens with one attached hydrogen (secondary N) is 1. The minimum absolute atomic E-state index is 0.0993. The number of hydrogen-bond donors (Lipinski definition) is 1. The van der Waals surface area contributed by atoms with Crippen molar-refractivity contribution in [3.63, 3.8) is 0 Å². The summed E-state index contributed by atoms with van der Waals surface area (Å²) < 4.78 is 54.1. The van der Waals surface area contributed by atoms with Crippen LogP contribution in [0.5, 0.6) is 0 Å². The molecule has 0 saturated carbocycles. The van der Waals surface area contributed by atoms with E-state index in [2.05, 4.69) is 5.32 Å². The van der Waals surface area contributed by atoms with Gasteiger partial charge in [-0.2, -0.15) is 4.31 Å². The van der Waals surface area contributed by atoms with Crippen LogP contribution in [0.1, 0.15) is 30.6 Å². The van der Waals surface area contributed by atoms with Gasteiger partial charge in [-0.3, -0.25) is 4.79 Å². The number of rotatable bonds is 4. The van der Waals surface area contributed by atoms with Crippen LogP contribution in [-0.2, 0) is 10.0 Å². The molecule has 1 fully saturated rings. The number of nitrogens with zero attached hydrogens (tertiary/aromatic N) is 1. The van der Waals surface area contributed by atoms with Crippen molar-refractivity contribution < 1.29 is 22.0 Å². The van der Waals surface area contributed by atoms with Gasteiger partial charge in [-0.05, 0) is 54.7 Å². The zero-order valence-corrected chi connectivity index (χ0v) is 16.5. The van der Waals surface area contributed by atoms with Crippen LogP contribution in [0, 0.1) is 23.5 Å². The third-order valence-electron chi connectivity index (χ3n) is 4.77. The maximum atomic E-state index is 13.7. The van der Waals surface area contributed by atoms with E-state index in [1.165, 1.54) is 28.6 Å². The number of halogens is 2. The predicted molar refractivity (Wildman–Crippen MR) is 102 cm³/mol. The molecule has 0 radical (unpaired) electrons. The van der Waals surface area contributed by atoms with Gasteiger partial charge in [0.2, 0.25) is 10.0 Å². The van der Waals surface area contributed by atoms with Crippen molar-refractivity contribution in [1.82, 2.24) is 4.31 Å². The maximum Gasteiger partial charge on any atom is 0.255 e. The van der Waals surface area contributed by atoms with Gasteiger partial charge >= 0.3 is 0 Å². The lowest BCUT2D eigenvalue weighted by Crippen LogP contribution is -2.42. The number of sulfonamides is 1. The Morgan fingerprint density at radius 2 is 1.64 bits per heavy atom. The van der Waals surface area contributed by atoms with E-state index < -0.39 is 27.6 Å². The maximum absolute atomic E-state index is 13.7. The van der Waals surface area contributed by atoms with Crippen LogP contribution in [0.2, 0.25) is 0 Å². The number of piperidine rings is 1. The van der Waals surface area contributed by atoms with Crippen molar-refractivity contribution in [3.05, 3.63) is 59.7 Å². The standard InChI is InChI=1S/C20H22F2N2O3S/c1-13-9-14(2)12-24(11-13)28(26,27)17-6-3-15(4-7-17)20(25)23-19-10-16(21)5-8-18(19)22/h3-8,10,13-14H,9,11-12H2,1-2H3,(H,23,25)/t13-,14-/m0/s1. The Balaban J connectivity index is 1.77. The summed E-state index contributed by atoms with van der Waals surface area (Å²) in [7, 11) is -3.65. The molecule has 0 bridgehead atoms. The highest BCUT2D eigenvalue weighted by Gasteiger charge is 2.31. The minimum atomic E-state index is -3.65. The average Bonchev–Trinajstić information content (AvgIpc) is 2.64. The SMILES string of the molecule is C[C@H]1C[C@H](C)CN(S(=O)(=O)c2ccc(C(=O)Nc3cc(F)ccc3F)cc2)C1. The van der Waals surface area contributed by atoms with E-state index in [1.54, 1.807) is 0 Å². The molecule has 150 valence electrons. The molecule has 28 heavy (non-hydrogen) atoms. The lowest BCUT2D eigenvalue weighted by Gasteiger charge is -2.34. The van der Waals surface area contributed by atoms with Crippen LogP contribution in [0.25, 0.3) is 0 Å². The molecule has 1 heterocycles. The van der Waals surface area contributed by atoms with Gasteiger partial charge in [-0.15, -0.1) is 0 Å². The second-order valence-corrected chi connectivity index (χ2v) is 9.31. The number of carbonyl (C=O) groups is 1. The molecule has 1 N–H and O–H groups in total. The van der Waals surface area contributed by atoms with Crippen molar-refractivity contribution in [2.45, 2.75) is 25.2 Å². The number of carbonyl (C=O) groups excluding carboxylic acids is 1. The molecule has 5 nitrogen and oxygen atoms in total. The van der Waals surface area contributed by atoms with Crippen LogP contribution < -0.4 is 5.32 Å². The van der Waals surface area contributed by atoms with Gasteiger partial charge in [-0.25, -0.2) is 17.2 Å². The molecule has 1 aliphatic heterocycles. The van der Waals surface area contributed by atoms with E-state index in [1.807, 2.05) is 13.8 Å². The molecule has 2 atom stereocenters. The Labute approximate surface area is 163 Å². The Hall–Kier alpha value is -2.32. The van der Waals surface area contributed by atoms with Crippen molar-refractivity contribution >= 4 is 21.6 Å². The predicted octanol–water partition coefficient (Wildman–Crippen LogP) is 3.88. The fourth-order valence-electron chi connectivity index (χ4n) is 3.52. The first-order valence-electron chi connectivity index (χ1n) is 9.03. The molecule has 0 aromatic heterocycles. The molecule has 1 aliphatic rings. The highest BCUT2D eigenvalue weighted by Crippen LogP contribution is 2.27. The highest BCUT2D eigenvalue weighted by molar-refractivity contribution is 7.89. The van der Waals surface area contributed by atoms with E-state index in [0.29, 0.717) is 13.1 Å². The Bertz CT molecular complexity index is 967. The van der Waals surface area contributed by atoms with Crippen molar-refractivity contribution in [3.8, 4) is 0 Å². The van der Waals surface area contributed by atoms with Crippen LogP contribution >= 0.6 is 0 Å². The largest absolute Gasteiger partial charge is 0.319 e. The Morgan fingerprint density at radius 3 is 2.25 bits per heavy atom. The molecule has 0 spiro atoms. The summed E-state index contributed by atoms with van der Waals surface area (Å²) >= 11 is 0. The minimum Gasteiger partial charge on any atom is -0.319 e. The van der Waals surface area contributed by atoms with E-state index in [0.717, 1.165) is 24.6 Å². The van der Waals surface area contributed by atoms with E-state index in [4.69, 9.17) is 0 Å². The van der Waals surface area contributed by atoms with E-state index >= 15 is 0 Å². The first kappa shape index (κ1) is 20.4. The number of benzene rings is 2. The second kappa shape index (κ2) is 7.97. The average molecular weight is 408 g/mol. The zero-order valence-electron chi connectivity index (χ0n) is 15.7. The summed E-state index contributed by atoms with van der Waals surface area (Å²) in [6.07, 6.45) is 0.988. The smallest absolute Gasteiger partial charge is 0.255 e. The van der Waals surface area contributed by atoms with Crippen LogP contribution in [0.4, 0.5) is 14.5 Å². The topological polar surface area (TPSA) is 66.5 Å². The molecule has 3 rings (SSSR count). The fraction of sp³-hybridized carbons (Fsp3) is 0.350. The summed E-state index contributed by atoms with van der Waals surface area (Å²) in [6.45, 7) is 4.98. The van der Waals surface area contributed by atoms with Crippen LogP contribution in [0.15, 0.2) is 47.4 Å². The number of anilines is 1. The Kier molecular flexibility index (Phi) is 5.81. The molecular formula is C20H22F2N2O3S. The summed E-state index contributed by atoms with van der Waals surface area (Å²) in [5.41, 5.74) is -0.138. The van der Waals surface area contributed by atoms with Gasteiger partial charge in [0.05, 0.1) is 10.6 Å². The van der Waals surface area contributed by atoms with Gasteiger partial charge in [-0.1, -0.05) is 13.8 Å². The quantitative estimate of drug-likeness (QED) is 0.835. The van der Waals surface area contributed by atoms with Gasteiger partial charge in [0.25, 0.3) is 5.91 Å². The van der Waals surface area contributed by atoms with Crippen molar-refractivity contribution in [2.24, 2.45) is 11.8 Å². The fourth-order valence-corrected chi connectivity index (χ4v) is 5.20. The first-order chi connectivity index (χ1) is 13.2. The van der Waals surface area contributed by atoms with E-state index in [9.17, 15) is 22.0 Å². The Morgan fingerprint density at radius 1 is 1.04 bits per heavy atom. The van der Waals surface area contributed by atoms with Crippen molar-refractivity contribution in [1.29, 1.82) is 0 Å². The molecule has 2 aromatic rings. The van der Waals surface area contributed by atoms with Crippen LogP contribution in [0.3, 0.4) is 0 Å². The van der Waals surface area contributed by atoms with Crippen molar-refractivity contribution in [2.75, 3.05) is 18.4 Å². The van der Waals surface area contributed by atoms with Gasteiger partial charge in [0.15, 0.2) is 0 Å². The van der Waals surface area contributed by atoms with Gasteiger partial charge < -0.3 is 5.32 Å². The molecule has 0 aliphatic carbocycles. The summed E-state index contributed by atoms with van der Waals surface area (Å²) in [5, 5.41) is 2.29. The molecule has 0 unspecified atom stereocenters. The van der Waals surface area contributed by atoms with Gasteiger partial charge in [0, 0.05) is 24.7 Å². The molecule has 8 heteroatoms. The first-order valence-corrected chi connectivity index (χ1v) is 10.5. The monoisotopic (exact) mass is 408 g/mol. The molecule has 2 aromatic carbocycles. The zero-order chi connectivity index (χ0) is 20.5. The molecule has 1 amide bonds. The normalized spacial score (nSPS) is 20.7. The lowest BCUT2D eigenvalue weighted by atomic mass is 9.94. The number of amides is 1. The molecule has 1 saturated heterocycles. The third kappa shape index (κ3) is 4.39. The molecular weight excluding hydrogens is 386 g/mol. The summed E-state index contributed by atoms with van der Waals surface area (Å²) in [5.74, 6) is -1.53. The summed E-state index contributed by atoms with van der Waals surface area (Å²) in [4.78, 5) is 12.4. The van der Waals surface area contributed by atoms with Crippen LogP contribution in [-0.4, -0.2) is 31.7 Å². The summed E-state index contributed by atoms with van der Waals surface area (Å²) in [6, 6.07) is 8.18. The second-order valence-electron chi connectivity index (χ2n) is 7.37. The van der Waals surface area contributed by atoms with E-state index in [-0.39, 0.29) is 28.0 Å². The highest BCUT2D eigenvalue weighted by atomic mass is 32.2. The van der Waals surface area contributed by atoms with Gasteiger partial charge in [0.1, 0.15) is 11.6 Å². The number of hydrogen-bond acceptors (Lipinski definition) is 3. The lowest BCUT2D eigenvalue weighted by molar-refractivity contribution is 0.102. The third-order valence-corrected chi connectivity index (χ3v) is 6.61.